The number of amides is 1. The molecule has 9 heteroatoms. The quantitative estimate of drug-likeness (QED) is 0.752. The number of hydrogen-bond donors (Lipinski definition) is 2. The number of nitrogens with one attached hydrogen (secondary N) is 1. The summed E-state index contributed by atoms with van der Waals surface area (Å²) < 4.78 is 0. The second kappa shape index (κ2) is 8.17. The van der Waals surface area contributed by atoms with Crippen LogP contribution >= 0.6 is 34.8 Å². The van der Waals surface area contributed by atoms with Crippen LogP contribution < -0.4 is 10.3 Å². The van der Waals surface area contributed by atoms with Crippen molar-refractivity contribution in [2.45, 2.75) is 12.5 Å². The molecule has 1 aliphatic rings. The molecule has 0 bridgehead atoms. The number of halogens is 3. The van der Waals surface area contributed by atoms with Gasteiger partial charge in [-0.15, -0.1) is 0 Å². The van der Waals surface area contributed by atoms with Gasteiger partial charge in [-0.3, -0.25) is 14.6 Å². The van der Waals surface area contributed by atoms with Crippen molar-refractivity contribution in [3.8, 4) is 0 Å². The van der Waals surface area contributed by atoms with Gasteiger partial charge in [0.2, 0.25) is 0 Å². The first-order chi connectivity index (χ1) is 12.8. The summed E-state index contributed by atoms with van der Waals surface area (Å²) in [6.45, 7) is -0.481. The second-order valence-electron chi connectivity index (χ2n) is 5.83. The van der Waals surface area contributed by atoms with Gasteiger partial charge in [0.1, 0.15) is 12.3 Å². The highest BCUT2D eigenvalue weighted by molar-refractivity contribution is 6.40. The molecule has 3 rings (SSSR count). The minimum absolute atomic E-state index is 0.210. The highest BCUT2D eigenvalue weighted by atomic mass is 35.5. The lowest BCUT2D eigenvalue weighted by atomic mass is 10.0. The van der Waals surface area contributed by atoms with Crippen molar-refractivity contribution in [1.82, 2.24) is 5.32 Å². The van der Waals surface area contributed by atoms with Crippen molar-refractivity contribution in [3.05, 3.63) is 63.1 Å². The number of carbonyl (C=O) groups excluding carboxylic acids is 1. The van der Waals surface area contributed by atoms with E-state index in [2.05, 4.69) is 10.4 Å². The molecule has 1 aliphatic heterocycles. The summed E-state index contributed by atoms with van der Waals surface area (Å²) in [7, 11) is 0. The number of hydrazone groups is 1. The number of hydrogen-bond acceptors (Lipinski definition) is 4. The molecule has 0 spiro atoms. The Balaban J connectivity index is 1.95. The molecule has 2 aromatic carbocycles. The van der Waals surface area contributed by atoms with E-state index < -0.39 is 18.4 Å². The Labute approximate surface area is 170 Å². The van der Waals surface area contributed by atoms with Crippen LogP contribution in [0, 0.1) is 0 Å². The van der Waals surface area contributed by atoms with Crippen molar-refractivity contribution in [2.75, 3.05) is 11.6 Å². The van der Waals surface area contributed by atoms with Gasteiger partial charge in [-0.1, -0.05) is 46.9 Å². The third-order valence-electron chi connectivity index (χ3n) is 3.98. The largest absolute Gasteiger partial charge is 0.480 e. The molecule has 2 N–H and O–H groups in total. The smallest absolute Gasteiger partial charge is 0.322 e. The molecule has 27 heavy (non-hydrogen) atoms. The molecule has 1 amide bonds. The lowest BCUT2D eigenvalue weighted by molar-refractivity contribution is -0.137. The summed E-state index contributed by atoms with van der Waals surface area (Å²) in [6, 6.07) is 11.9. The fourth-order valence-corrected chi connectivity index (χ4v) is 3.36. The van der Waals surface area contributed by atoms with E-state index >= 15 is 0 Å². The Morgan fingerprint density at radius 3 is 2.41 bits per heavy atom. The standard InChI is InChI=1S/C18H14Cl3N3O3/c19-11-3-1-10(2-4-11)16-8-14(18(27)22-9-17(25)26)23-24(16)15-6-5-12(20)7-13(15)21/h1-7,16H,8-9H2,(H,22,27)(H,25,26). The number of nitrogens with zero attached hydrogens (tertiary/aromatic N) is 2. The predicted molar refractivity (Wildman–Crippen MR) is 106 cm³/mol. The van der Waals surface area contributed by atoms with E-state index in [1.165, 1.54) is 0 Å². The number of carboxylic acids is 1. The number of carboxylic acid groups (broad SMARTS) is 1. The first kappa shape index (κ1) is 19.5. The Morgan fingerprint density at radius 1 is 1.11 bits per heavy atom. The van der Waals surface area contributed by atoms with Gasteiger partial charge in [0.15, 0.2) is 0 Å². The summed E-state index contributed by atoms with van der Waals surface area (Å²) >= 11 is 18.3. The molecule has 140 valence electrons. The van der Waals surface area contributed by atoms with Crippen LogP contribution in [0.1, 0.15) is 18.0 Å². The van der Waals surface area contributed by atoms with E-state index in [1.807, 2.05) is 12.1 Å². The second-order valence-corrected chi connectivity index (χ2v) is 7.11. The molecule has 1 atom stereocenters. The maximum atomic E-state index is 12.3. The van der Waals surface area contributed by atoms with Gasteiger partial charge in [0.25, 0.3) is 5.91 Å². The third kappa shape index (κ3) is 4.53. The van der Waals surface area contributed by atoms with Crippen molar-refractivity contribution >= 4 is 58.1 Å². The SMILES string of the molecule is O=C(O)CNC(=O)C1=NN(c2ccc(Cl)cc2Cl)C(c2ccc(Cl)cc2)C1. The zero-order valence-corrected chi connectivity index (χ0v) is 16.1. The van der Waals surface area contributed by atoms with Crippen LogP contribution in [0.4, 0.5) is 5.69 Å². The van der Waals surface area contributed by atoms with Crippen molar-refractivity contribution in [2.24, 2.45) is 5.10 Å². The van der Waals surface area contributed by atoms with Gasteiger partial charge >= 0.3 is 5.97 Å². The molecule has 6 nitrogen and oxygen atoms in total. The van der Waals surface area contributed by atoms with Gasteiger partial charge in [0.05, 0.1) is 16.8 Å². The molecule has 0 aliphatic carbocycles. The third-order valence-corrected chi connectivity index (χ3v) is 4.77. The Morgan fingerprint density at radius 2 is 1.78 bits per heavy atom. The van der Waals surface area contributed by atoms with E-state index in [1.54, 1.807) is 35.3 Å². The topological polar surface area (TPSA) is 82.0 Å². The monoisotopic (exact) mass is 425 g/mol. The van der Waals surface area contributed by atoms with E-state index in [4.69, 9.17) is 39.9 Å². The van der Waals surface area contributed by atoms with Crippen molar-refractivity contribution < 1.29 is 14.7 Å². The predicted octanol–water partition coefficient (Wildman–Crippen LogP) is 4.16. The summed E-state index contributed by atoms with van der Waals surface area (Å²) in [4.78, 5) is 23.0. The maximum Gasteiger partial charge on any atom is 0.322 e. The molecule has 0 saturated carbocycles. The van der Waals surface area contributed by atoms with Gasteiger partial charge in [-0.05, 0) is 35.9 Å². The molecule has 0 saturated heterocycles. The lowest BCUT2D eigenvalue weighted by Gasteiger charge is -2.25. The van der Waals surface area contributed by atoms with Crippen LogP contribution in [0.3, 0.4) is 0 Å². The maximum absolute atomic E-state index is 12.3. The highest BCUT2D eigenvalue weighted by Gasteiger charge is 2.33. The zero-order chi connectivity index (χ0) is 19.6. The van der Waals surface area contributed by atoms with Crippen LogP contribution in [0.15, 0.2) is 47.6 Å². The highest BCUT2D eigenvalue weighted by Crippen LogP contribution is 2.39. The van der Waals surface area contributed by atoms with E-state index in [-0.39, 0.29) is 18.2 Å². The average Bonchev–Trinajstić information content (AvgIpc) is 3.05. The first-order valence-electron chi connectivity index (χ1n) is 7.92. The number of benzene rings is 2. The lowest BCUT2D eigenvalue weighted by Crippen LogP contribution is -2.34. The normalized spacial score (nSPS) is 16.2. The molecule has 0 fully saturated rings. The van der Waals surface area contributed by atoms with Crippen LogP contribution in [-0.2, 0) is 9.59 Å². The molecule has 0 aromatic heterocycles. The molecule has 0 radical (unpaired) electrons. The Bertz CT molecular complexity index is 916. The van der Waals surface area contributed by atoms with Crippen LogP contribution in [-0.4, -0.2) is 29.2 Å². The van der Waals surface area contributed by atoms with E-state index in [0.29, 0.717) is 20.8 Å². The Hall–Kier alpha value is -2.28. The number of anilines is 1. The van der Waals surface area contributed by atoms with Crippen LogP contribution in [0.5, 0.6) is 0 Å². The summed E-state index contributed by atoms with van der Waals surface area (Å²) in [5.41, 5.74) is 1.68. The molecule has 2 aromatic rings. The Kier molecular flexibility index (Phi) is 5.89. The van der Waals surface area contributed by atoms with Crippen LogP contribution in [0.2, 0.25) is 15.1 Å². The molecular weight excluding hydrogens is 413 g/mol. The summed E-state index contributed by atoms with van der Waals surface area (Å²) in [5, 5.41) is 18.6. The summed E-state index contributed by atoms with van der Waals surface area (Å²) in [6.07, 6.45) is 0.284. The first-order valence-corrected chi connectivity index (χ1v) is 9.06. The van der Waals surface area contributed by atoms with Gasteiger partial charge in [-0.2, -0.15) is 5.10 Å². The van der Waals surface area contributed by atoms with Crippen LogP contribution in [0.25, 0.3) is 0 Å². The zero-order valence-electron chi connectivity index (χ0n) is 13.8. The molecular formula is C18H14Cl3N3O3. The van der Waals surface area contributed by atoms with E-state index in [9.17, 15) is 9.59 Å². The minimum Gasteiger partial charge on any atom is -0.480 e. The van der Waals surface area contributed by atoms with Crippen molar-refractivity contribution in [3.63, 3.8) is 0 Å². The fourth-order valence-electron chi connectivity index (χ4n) is 2.74. The fraction of sp³-hybridized carbons (Fsp3) is 0.167. The summed E-state index contributed by atoms with van der Waals surface area (Å²) in [5.74, 6) is -1.67. The molecule has 1 unspecified atom stereocenters. The molecule has 1 heterocycles. The minimum atomic E-state index is -1.13. The number of carbonyl (C=O) groups is 2. The van der Waals surface area contributed by atoms with E-state index in [0.717, 1.165) is 5.56 Å². The van der Waals surface area contributed by atoms with Gasteiger partial charge in [0, 0.05) is 16.5 Å². The average molecular weight is 427 g/mol. The van der Waals surface area contributed by atoms with Gasteiger partial charge in [-0.25, -0.2) is 0 Å². The van der Waals surface area contributed by atoms with Crippen molar-refractivity contribution in [1.29, 1.82) is 0 Å². The number of rotatable bonds is 5. The van der Waals surface area contributed by atoms with Gasteiger partial charge < -0.3 is 10.4 Å². The number of aliphatic carboxylic acids is 1.